The second-order valence-corrected chi connectivity index (χ2v) is 7.97. The molecule has 1 aliphatic heterocycles. The summed E-state index contributed by atoms with van der Waals surface area (Å²) in [7, 11) is 3.53. The van der Waals surface area contributed by atoms with Crippen molar-refractivity contribution in [3.63, 3.8) is 0 Å². The van der Waals surface area contributed by atoms with Crippen molar-refractivity contribution in [1.29, 1.82) is 0 Å². The maximum atomic E-state index is 11.9. The molecule has 1 saturated heterocycles. The fourth-order valence-corrected chi connectivity index (χ4v) is 3.68. The van der Waals surface area contributed by atoms with Crippen LogP contribution in [0.3, 0.4) is 0 Å². The number of rotatable bonds is 7. The third-order valence-electron chi connectivity index (χ3n) is 5.40. The molecule has 1 aromatic rings. The lowest BCUT2D eigenvalue weighted by atomic mass is 10.1. The maximum absolute atomic E-state index is 11.9. The standard InChI is InChI=1S/C21H33N5O/c1-16-13-18(15-26(16)19-9-10-19)24-21(23-14-20(27)25(2)3)22-12-11-17-7-5-4-6-8-17/h4-8,16,18-19H,9-15H2,1-3H3,(H2,22,23,24). The van der Waals surface area contributed by atoms with Crippen molar-refractivity contribution < 1.29 is 4.79 Å². The second kappa shape index (κ2) is 9.22. The van der Waals surface area contributed by atoms with Gasteiger partial charge in [0.25, 0.3) is 0 Å². The summed E-state index contributed by atoms with van der Waals surface area (Å²) in [6.45, 7) is 4.34. The normalized spacial score (nSPS) is 23.3. The summed E-state index contributed by atoms with van der Waals surface area (Å²) in [5.41, 5.74) is 1.29. The van der Waals surface area contributed by atoms with Crippen LogP contribution in [0.2, 0.25) is 0 Å². The summed E-state index contributed by atoms with van der Waals surface area (Å²) in [6.07, 6.45) is 4.73. The molecule has 0 spiro atoms. The SMILES string of the molecule is CC1CC(NC(=NCC(=O)N(C)C)NCCc2ccccc2)CN1C1CC1. The zero-order chi connectivity index (χ0) is 19.2. The third-order valence-corrected chi connectivity index (χ3v) is 5.40. The van der Waals surface area contributed by atoms with Crippen LogP contribution in [-0.4, -0.2) is 73.5 Å². The lowest BCUT2D eigenvalue weighted by molar-refractivity contribution is -0.127. The number of hydrogen-bond donors (Lipinski definition) is 2. The van der Waals surface area contributed by atoms with E-state index in [9.17, 15) is 4.79 Å². The Labute approximate surface area is 163 Å². The van der Waals surface area contributed by atoms with E-state index in [2.05, 4.69) is 51.7 Å². The largest absolute Gasteiger partial charge is 0.356 e. The highest BCUT2D eigenvalue weighted by Crippen LogP contribution is 2.33. The number of likely N-dealkylation sites (tertiary alicyclic amines) is 1. The topological polar surface area (TPSA) is 60.0 Å². The van der Waals surface area contributed by atoms with Gasteiger partial charge in [0.15, 0.2) is 5.96 Å². The first-order valence-corrected chi connectivity index (χ1v) is 10.1. The molecule has 1 heterocycles. The number of amides is 1. The van der Waals surface area contributed by atoms with Gasteiger partial charge in [0, 0.05) is 45.3 Å². The van der Waals surface area contributed by atoms with Gasteiger partial charge in [-0.05, 0) is 38.2 Å². The van der Waals surface area contributed by atoms with Crippen molar-refractivity contribution in [3.8, 4) is 0 Å². The molecule has 27 heavy (non-hydrogen) atoms. The lowest BCUT2D eigenvalue weighted by Gasteiger charge is -2.20. The molecule has 148 valence electrons. The molecule has 2 N–H and O–H groups in total. The predicted molar refractivity (Wildman–Crippen MR) is 110 cm³/mol. The first-order valence-electron chi connectivity index (χ1n) is 10.1. The van der Waals surface area contributed by atoms with Crippen molar-refractivity contribution in [3.05, 3.63) is 35.9 Å². The molecule has 2 aliphatic rings. The summed E-state index contributed by atoms with van der Waals surface area (Å²) < 4.78 is 0. The smallest absolute Gasteiger partial charge is 0.243 e. The summed E-state index contributed by atoms with van der Waals surface area (Å²) in [5, 5.41) is 6.98. The van der Waals surface area contributed by atoms with Crippen LogP contribution in [0.5, 0.6) is 0 Å². The number of benzene rings is 1. The van der Waals surface area contributed by atoms with Gasteiger partial charge in [-0.25, -0.2) is 4.99 Å². The quantitative estimate of drug-likeness (QED) is 0.563. The summed E-state index contributed by atoms with van der Waals surface area (Å²) in [6, 6.07) is 12.2. The monoisotopic (exact) mass is 371 g/mol. The molecule has 2 atom stereocenters. The molecule has 1 aliphatic carbocycles. The van der Waals surface area contributed by atoms with E-state index in [0.29, 0.717) is 12.1 Å². The number of carbonyl (C=O) groups is 1. The average Bonchev–Trinajstić information content (AvgIpc) is 3.43. The zero-order valence-electron chi connectivity index (χ0n) is 16.8. The van der Waals surface area contributed by atoms with Crippen LogP contribution in [-0.2, 0) is 11.2 Å². The molecular weight excluding hydrogens is 338 g/mol. The molecule has 0 bridgehead atoms. The predicted octanol–water partition coefficient (Wildman–Crippen LogP) is 1.48. The number of aliphatic imine (C=N–C) groups is 1. The van der Waals surface area contributed by atoms with Gasteiger partial charge in [-0.2, -0.15) is 0 Å². The molecule has 3 rings (SSSR count). The average molecular weight is 372 g/mol. The van der Waals surface area contributed by atoms with E-state index < -0.39 is 0 Å². The lowest BCUT2D eigenvalue weighted by Crippen LogP contribution is -2.45. The van der Waals surface area contributed by atoms with Gasteiger partial charge in [-0.3, -0.25) is 9.69 Å². The van der Waals surface area contributed by atoms with E-state index in [4.69, 9.17) is 0 Å². The number of hydrogen-bond acceptors (Lipinski definition) is 3. The highest BCUT2D eigenvalue weighted by molar-refractivity contribution is 5.85. The van der Waals surface area contributed by atoms with Crippen LogP contribution in [0, 0.1) is 0 Å². The minimum Gasteiger partial charge on any atom is -0.356 e. The second-order valence-electron chi connectivity index (χ2n) is 7.97. The highest BCUT2D eigenvalue weighted by atomic mass is 16.2. The van der Waals surface area contributed by atoms with Gasteiger partial charge in [0.2, 0.25) is 5.91 Å². The van der Waals surface area contributed by atoms with Crippen molar-refractivity contribution >= 4 is 11.9 Å². The van der Waals surface area contributed by atoms with Gasteiger partial charge >= 0.3 is 0 Å². The number of nitrogens with one attached hydrogen (secondary N) is 2. The molecule has 0 radical (unpaired) electrons. The Morgan fingerprint density at radius 3 is 2.67 bits per heavy atom. The van der Waals surface area contributed by atoms with E-state index in [0.717, 1.165) is 37.9 Å². The van der Waals surface area contributed by atoms with Crippen LogP contribution in [0.1, 0.15) is 31.7 Å². The molecule has 1 amide bonds. The van der Waals surface area contributed by atoms with Crippen LogP contribution < -0.4 is 10.6 Å². The number of carbonyl (C=O) groups excluding carboxylic acids is 1. The maximum Gasteiger partial charge on any atom is 0.243 e. The fraction of sp³-hybridized carbons (Fsp3) is 0.619. The van der Waals surface area contributed by atoms with E-state index in [1.165, 1.54) is 18.4 Å². The van der Waals surface area contributed by atoms with Crippen molar-refractivity contribution in [2.75, 3.05) is 33.7 Å². The van der Waals surface area contributed by atoms with E-state index in [1.807, 2.05) is 6.07 Å². The first-order chi connectivity index (χ1) is 13.0. The van der Waals surface area contributed by atoms with Crippen LogP contribution in [0.15, 0.2) is 35.3 Å². The van der Waals surface area contributed by atoms with E-state index in [1.54, 1.807) is 19.0 Å². The molecule has 2 fully saturated rings. The molecule has 6 heteroatoms. The van der Waals surface area contributed by atoms with Crippen LogP contribution >= 0.6 is 0 Å². The summed E-state index contributed by atoms with van der Waals surface area (Å²) in [5.74, 6) is 0.759. The minimum absolute atomic E-state index is 0.0126. The first kappa shape index (κ1) is 19.7. The Balaban J connectivity index is 1.55. The Hall–Kier alpha value is -2.08. The molecule has 2 unspecified atom stereocenters. The molecule has 6 nitrogen and oxygen atoms in total. The highest BCUT2D eigenvalue weighted by Gasteiger charge is 2.38. The van der Waals surface area contributed by atoms with Gasteiger partial charge in [0.05, 0.1) is 0 Å². The number of likely N-dealkylation sites (N-methyl/N-ethyl adjacent to an activating group) is 1. The van der Waals surface area contributed by atoms with Crippen LogP contribution in [0.25, 0.3) is 0 Å². The van der Waals surface area contributed by atoms with Gasteiger partial charge in [-0.15, -0.1) is 0 Å². The summed E-state index contributed by atoms with van der Waals surface area (Å²) in [4.78, 5) is 20.7. The Morgan fingerprint density at radius 1 is 1.26 bits per heavy atom. The number of nitrogens with zero attached hydrogens (tertiary/aromatic N) is 3. The van der Waals surface area contributed by atoms with Crippen LogP contribution in [0.4, 0.5) is 0 Å². The Kier molecular flexibility index (Phi) is 6.72. The number of guanidine groups is 1. The van der Waals surface area contributed by atoms with Crippen molar-refractivity contribution in [1.82, 2.24) is 20.4 Å². The molecule has 0 aromatic heterocycles. The Bertz CT molecular complexity index is 641. The van der Waals surface area contributed by atoms with Crippen molar-refractivity contribution in [2.24, 2.45) is 4.99 Å². The minimum atomic E-state index is 0.0126. The van der Waals surface area contributed by atoms with Crippen molar-refractivity contribution in [2.45, 2.75) is 50.7 Å². The summed E-state index contributed by atoms with van der Waals surface area (Å²) >= 11 is 0. The fourth-order valence-electron chi connectivity index (χ4n) is 3.68. The van der Waals surface area contributed by atoms with Gasteiger partial charge < -0.3 is 15.5 Å². The van der Waals surface area contributed by atoms with Gasteiger partial charge in [0.1, 0.15) is 6.54 Å². The molecule has 1 saturated carbocycles. The van der Waals surface area contributed by atoms with E-state index >= 15 is 0 Å². The Morgan fingerprint density at radius 2 is 2.00 bits per heavy atom. The molecule has 1 aromatic carbocycles. The zero-order valence-corrected chi connectivity index (χ0v) is 16.8. The van der Waals surface area contributed by atoms with E-state index in [-0.39, 0.29) is 12.5 Å². The third kappa shape index (κ3) is 5.96. The molecular formula is C21H33N5O. The van der Waals surface area contributed by atoms with Gasteiger partial charge in [-0.1, -0.05) is 30.3 Å².